The monoisotopic (exact) mass is 627 g/mol. The van der Waals surface area contributed by atoms with Gasteiger partial charge in [-0.25, -0.2) is 9.97 Å². The highest BCUT2D eigenvalue weighted by molar-refractivity contribution is 5.87. The molecule has 2 aromatic heterocycles. The first-order chi connectivity index (χ1) is 24.2. The third kappa shape index (κ3) is 6.56. The molecule has 0 atom stereocenters. The zero-order valence-corrected chi connectivity index (χ0v) is 27.2. The quantitative estimate of drug-likeness (QED) is 0.165. The molecule has 3 nitrogen and oxygen atoms in total. The van der Waals surface area contributed by atoms with E-state index in [9.17, 15) is 0 Å². The number of benzene rings is 6. The van der Waals surface area contributed by atoms with Crippen LogP contribution in [-0.2, 0) is 0 Å². The number of aromatic nitrogens is 3. The first-order valence-corrected chi connectivity index (χ1v) is 16.5. The number of pyridine rings is 1. The van der Waals surface area contributed by atoms with Crippen LogP contribution in [0.2, 0.25) is 0 Å². The Kier molecular flexibility index (Phi) is 8.15. The summed E-state index contributed by atoms with van der Waals surface area (Å²) in [7, 11) is 0. The van der Waals surface area contributed by atoms with Gasteiger partial charge in [-0.15, -0.1) is 0 Å². The smallest absolute Gasteiger partial charge is 0.160 e. The summed E-state index contributed by atoms with van der Waals surface area (Å²) in [6.45, 7) is 2.10. The van der Waals surface area contributed by atoms with Gasteiger partial charge in [0.15, 0.2) is 5.82 Å². The van der Waals surface area contributed by atoms with Crippen LogP contribution < -0.4 is 0 Å². The second kappa shape index (κ2) is 13.3. The van der Waals surface area contributed by atoms with Crippen LogP contribution in [-0.4, -0.2) is 15.0 Å². The molecule has 8 rings (SSSR count). The molecule has 0 aliphatic heterocycles. The first kappa shape index (κ1) is 29.9. The van der Waals surface area contributed by atoms with E-state index in [0.717, 1.165) is 50.1 Å². The van der Waals surface area contributed by atoms with Crippen molar-refractivity contribution >= 4 is 33.3 Å². The third-order valence-electron chi connectivity index (χ3n) is 8.89. The molecule has 0 radical (unpaired) electrons. The van der Waals surface area contributed by atoms with Crippen LogP contribution in [0.15, 0.2) is 176 Å². The Morgan fingerprint density at radius 3 is 1.90 bits per heavy atom. The molecule has 0 amide bonds. The molecular formula is C46H33N3. The van der Waals surface area contributed by atoms with E-state index in [4.69, 9.17) is 9.97 Å². The molecule has 0 aliphatic carbocycles. The maximum absolute atomic E-state index is 5.09. The molecule has 0 N–H and O–H groups in total. The van der Waals surface area contributed by atoms with E-state index in [0.29, 0.717) is 5.82 Å². The Morgan fingerprint density at radius 1 is 0.490 bits per heavy atom. The van der Waals surface area contributed by atoms with Crippen molar-refractivity contribution in [3.8, 4) is 44.9 Å². The maximum Gasteiger partial charge on any atom is 0.160 e. The van der Waals surface area contributed by atoms with E-state index < -0.39 is 0 Å². The van der Waals surface area contributed by atoms with E-state index in [-0.39, 0.29) is 0 Å². The predicted octanol–water partition coefficient (Wildman–Crippen LogP) is 12.0. The molecule has 2 heterocycles. The molecular weight excluding hydrogens is 595 g/mol. The van der Waals surface area contributed by atoms with Crippen LogP contribution >= 0.6 is 0 Å². The molecule has 0 unspecified atom stereocenters. The van der Waals surface area contributed by atoms with Crippen LogP contribution in [0.1, 0.15) is 18.2 Å². The number of nitrogens with zero attached hydrogens (tertiary/aromatic N) is 3. The molecule has 0 saturated heterocycles. The first-order valence-electron chi connectivity index (χ1n) is 16.5. The van der Waals surface area contributed by atoms with E-state index >= 15 is 0 Å². The second-order valence-electron chi connectivity index (χ2n) is 12.2. The van der Waals surface area contributed by atoms with Crippen molar-refractivity contribution in [1.82, 2.24) is 15.0 Å². The van der Waals surface area contributed by atoms with Crippen LogP contribution in [0.4, 0.5) is 0 Å². The highest BCUT2D eigenvalue weighted by Crippen LogP contribution is 2.30. The summed E-state index contributed by atoms with van der Waals surface area (Å²) in [5, 5.41) is 3.60. The summed E-state index contributed by atoms with van der Waals surface area (Å²) >= 11 is 0. The van der Waals surface area contributed by atoms with Crippen LogP contribution in [0, 0.1) is 0 Å². The van der Waals surface area contributed by atoms with Gasteiger partial charge in [0.25, 0.3) is 0 Å². The SMILES string of the molecule is C/C(=C\C=C\c1cnc2ccccc2c1)c1cc(-c2ccc(-c3ccccc3)cc2)nc(-c2ccc(-c3ccc4ccccc4c3)cc2)n1. The minimum Gasteiger partial charge on any atom is -0.256 e. The molecule has 6 aromatic carbocycles. The van der Waals surface area contributed by atoms with E-state index in [1.165, 1.54) is 27.5 Å². The fourth-order valence-corrected chi connectivity index (χ4v) is 6.14. The Hall–Kier alpha value is -6.45. The number of hydrogen-bond donors (Lipinski definition) is 0. The van der Waals surface area contributed by atoms with Crippen molar-refractivity contribution < 1.29 is 0 Å². The van der Waals surface area contributed by atoms with Crippen molar-refractivity contribution in [2.45, 2.75) is 6.92 Å². The Labute approximate surface area is 286 Å². The van der Waals surface area contributed by atoms with Crippen LogP contribution in [0.5, 0.6) is 0 Å². The molecule has 232 valence electrons. The lowest BCUT2D eigenvalue weighted by Crippen LogP contribution is -1.97. The normalized spacial score (nSPS) is 11.8. The Bertz CT molecular complexity index is 2480. The van der Waals surface area contributed by atoms with Crippen molar-refractivity contribution in [3.63, 3.8) is 0 Å². The summed E-state index contributed by atoms with van der Waals surface area (Å²) < 4.78 is 0. The fraction of sp³-hybridized carbons (Fsp3) is 0.0217. The maximum atomic E-state index is 5.09. The van der Waals surface area contributed by atoms with Gasteiger partial charge in [-0.2, -0.15) is 0 Å². The lowest BCUT2D eigenvalue weighted by atomic mass is 10.00. The molecule has 8 aromatic rings. The van der Waals surface area contributed by atoms with Crippen LogP contribution in [0.25, 0.3) is 78.2 Å². The predicted molar refractivity (Wildman–Crippen MR) is 206 cm³/mol. The zero-order chi connectivity index (χ0) is 33.0. The van der Waals surface area contributed by atoms with E-state index in [2.05, 4.69) is 164 Å². The fourth-order valence-electron chi connectivity index (χ4n) is 6.14. The number of fused-ring (bicyclic) bond motifs is 2. The topological polar surface area (TPSA) is 38.7 Å². The minimum absolute atomic E-state index is 0.695. The zero-order valence-electron chi connectivity index (χ0n) is 27.2. The lowest BCUT2D eigenvalue weighted by Gasteiger charge is -2.11. The largest absolute Gasteiger partial charge is 0.256 e. The number of para-hydroxylation sites is 1. The van der Waals surface area contributed by atoms with Crippen molar-refractivity contribution in [2.24, 2.45) is 0 Å². The van der Waals surface area contributed by atoms with Gasteiger partial charge in [-0.3, -0.25) is 4.98 Å². The molecule has 0 aliphatic rings. The van der Waals surface area contributed by atoms with Crippen LogP contribution in [0.3, 0.4) is 0 Å². The van der Waals surface area contributed by atoms with E-state index in [1.807, 2.05) is 30.5 Å². The molecule has 49 heavy (non-hydrogen) atoms. The lowest BCUT2D eigenvalue weighted by molar-refractivity contribution is 1.15. The Morgan fingerprint density at radius 2 is 1.10 bits per heavy atom. The number of hydrogen-bond acceptors (Lipinski definition) is 3. The van der Waals surface area contributed by atoms with Gasteiger partial charge in [-0.1, -0.05) is 152 Å². The van der Waals surface area contributed by atoms with Gasteiger partial charge in [0, 0.05) is 22.7 Å². The average molecular weight is 628 g/mol. The summed E-state index contributed by atoms with van der Waals surface area (Å²) in [6, 6.07) is 55.1. The molecule has 0 saturated carbocycles. The van der Waals surface area contributed by atoms with Gasteiger partial charge >= 0.3 is 0 Å². The van der Waals surface area contributed by atoms with E-state index in [1.54, 1.807) is 0 Å². The van der Waals surface area contributed by atoms with Gasteiger partial charge in [0.2, 0.25) is 0 Å². The van der Waals surface area contributed by atoms with Crippen molar-refractivity contribution in [3.05, 3.63) is 187 Å². The van der Waals surface area contributed by atoms with Crippen molar-refractivity contribution in [1.29, 1.82) is 0 Å². The van der Waals surface area contributed by atoms with Gasteiger partial charge in [0.05, 0.1) is 16.9 Å². The average Bonchev–Trinajstić information content (AvgIpc) is 3.18. The summed E-state index contributed by atoms with van der Waals surface area (Å²) in [4.78, 5) is 14.8. The number of allylic oxidation sites excluding steroid dienone is 3. The molecule has 0 fully saturated rings. The summed E-state index contributed by atoms with van der Waals surface area (Å²) in [5.41, 5.74) is 11.6. The highest BCUT2D eigenvalue weighted by Gasteiger charge is 2.11. The number of rotatable bonds is 7. The summed E-state index contributed by atoms with van der Waals surface area (Å²) in [5.74, 6) is 0.695. The summed E-state index contributed by atoms with van der Waals surface area (Å²) in [6.07, 6.45) is 8.16. The van der Waals surface area contributed by atoms with Crippen molar-refractivity contribution in [2.75, 3.05) is 0 Å². The second-order valence-corrected chi connectivity index (χ2v) is 12.2. The third-order valence-corrected chi connectivity index (χ3v) is 8.89. The van der Waals surface area contributed by atoms with Gasteiger partial charge in [0.1, 0.15) is 0 Å². The molecule has 3 heteroatoms. The standard InChI is InChI=1S/C46H33N3/c1-32(10-9-11-33-28-42-16-7-8-17-43(42)47-31-33)44-30-45(38-23-18-36(19-24-38)34-12-3-2-4-13-34)49-46(48-44)39-25-20-37(21-26-39)41-27-22-35-14-5-6-15-40(35)29-41/h2-31H,1H3/b11-9+,32-10+. The Balaban J connectivity index is 1.14. The molecule has 0 spiro atoms. The van der Waals surface area contributed by atoms with Gasteiger partial charge < -0.3 is 0 Å². The molecule has 0 bridgehead atoms. The highest BCUT2D eigenvalue weighted by atomic mass is 14.9. The van der Waals surface area contributed by atoms with Gasteiger partial charge in [-0.05, 0) is 75.4 Å². The minimum atomic E-state index is 0.695.